The Morgan fingerprint density at radius 1 is 1.07 bits per heavy atom. The quantitative estimate of drug-likeness (QED) is 0.709. The lowest BCUT2D eigenvalue weighted by Crippen LogP contribution is -2.62. The molecule has 0 bridgehead atoms. The van der Waals surface area contributed by atoms with Crippen molar-refractivity contribution >= 4 is 33.3 Å². The van der Waals surface area contributed by atoms with Crippen molar-refractivity contribution < 1.29 is 4.79 Å². The lowest BCUT2D eigenvalue weighted by atomic mass is 9.97. The van der Waals surface area contributed by atoms with Gasteiger partial charge in [-0.2, -0.15) is 5.10 Å². The highest BCUT2D eigenvalue weighted by molar-refractivity contribution is 7.19. The van der Waals surface area contributed by atoms with Crippen molar-refractivity contribution in [1.82, 2.24) is 20.4 Å². The molecule has 1 amide bonds. The Morgan fingerprint density at radius 3 is 2.79 bits per heavy atom. The highest BCUT2D eigenvalue weighted by atomic mass is 32.1. The Morgan fingerprint density at radius 2 is 1.96 bits per heavy atom. The molecule has 28 heavy (non-hydrogen) atoms. The van der Waals surface area contributed by atoms with Crippen molar-refractivity contribution in [2.24, 2.45) is 0 Å². The van der Waals surface area contributed by atoms with Crippen LogP contribution in [0.5, 0.6) is 0 Å². The number of benzene rings is 1. The van der Waals surface area contributed by atoms with Crippen LogP contribution in [0.15, 0.2) is 48.7 Å². The first-order valence-corrected chi connectivity index (χ1v) is 10.1. The van der Waals surface area contributed by atoms with Crippen LogP contribution in [0.1, 0.15) is 12.0 Å². The Kier molecular flexibility index (Phi) is 4.36. The second-order valence-corrected chi connectivity index (χ2v) is 7.91. The second kappa shape index (κ2) is 7.16. The summed E-state index contributed by atoms with van der Waals surface area (Å²) in [6, 6.07) is 14.4. The topological polar surface area (TPSA) is 87.1 Å². The van der Waals surface area contributed by atoms with Gasteiger partial charge in [0.1, 0.15) is 0 Å². The summed E-state index contributed by atoms with van der Waals surface area (Å²) in [6.45, 7) is 1.83. The monoisotopic (exact) mass is 393 g/mol. The summed E-state index contributed by atoms with van der Waals surface area (Å²) in [6.07, 6.45) is 3.07. The molecule has 2 unspecified atom stereocenters. The molecule has 8 nitrogen and oxygen atoms in total. The molecule has 3 aromatic rings. The molecule has 1 N–H and O–H groups in total. The van der Waals surface area contributed by atoms with Crippen LogP contribution in [0.2, 0.25) is 0 Å². The first-order chi connectivity index (χ1) is 13.8. The van der Waals surface area contributed by atoms with E-state index in [0.717, 1.165) is 36.0 Å². The predicted octanol–water partition coefficient (Wildman–Crippen LogP) is 1.98. The predicted molar refractivity (Wildman–Crippen MR) is 108 cm³/mol. The molecule has 5 rings (SSSR count). The third-order valence-corrected chi connectivity index (χ3v) is 6.14. The molecule has 4 heterocycles. The molecule has 2 saturated heterocycles. The summed E-state index contributed by atoms with van der Waals surface area (Å²) < 4.78 is 0. The van der Waals surface area contributed by atoms with Crippen molar-refractivity contribution in [2.75, 3.05) is 28.2 Å². The van der Waals surface area contributed by atoms with Crippen LogP contribution in [0.3, 0.4) is 0 Å². The van der Waals surface area contributed by atoms with E-state index < -0.39 is 0 Å². The molecular formula is C19H19N7OS. The first kappa shape index (κ1) is 17.1. The van der Waals surface area contributed by atoms with Gasteiger partial charge < -0.3 is 15.1 Å². The summed E-state index contributed by atoms with van der Waals surface area (Å²) in [5.41, 5.74) is 0.977. The molecule has 9 heteroatoms. The summed E-state index contributed by atoms with van der Waals surface area (Å²) >= 11 is 1.43. The zero-order valence-electron chi connectivity index (χ0n) is 15.1. The van der Waals surface area contributed by atoms with Gasteiger partial charge in [0.15, 0.2) is 5.82 Å². The van der Waals surface area contributed by atoms with Crippen LogP contribution in [-0.4, -0.2) is 51.5 Å². The fourth-order valence-corrected chi connectivity index (χ4v) is 4.74. The van der Waals surface area contributed by atoms with Crippen molar-refractivity contribution in [1.29, 1.82) is 0 Å². The maximum atomic E-state index is 12.2. The normalized spacial score (nSPS) is 20.6. The van der Waals surface area contributed by atoms with E-state index in [1.54, 1.807) is 6.20 Å². The molecule has 1 aromatic carbocycles. The van der Waals surface area contributed by atoms with Gasteiger partial charge in [0, 0.05) is 19.3 Å². The van der Waals surface area contributed by atoms with Crippen LogP contribution < -0.4 is 15.1 Å². The smallest absolute Gasteiger partial charge is 0.230 e. The lowest BCUT2D eigenvalue weighted by molar-refractivity contribution is -0.115. The van der Waals surface area contributed by atoms with Gasteiger partial charge in [0.25, 0.3) is 0 Å². The number of hydrogen-bond donors (Lipinski definition) is 1. The summed E-state index contributed by atoms with van der Waals surface area (Å²) in [5.74, 6) is 0.849. The SMILES string of the molecule is O=C(Cc1ccccc1)Nc1nnc(N2CCC3C2CN3c2cccnn2)s1. The van der Waals surface area contributed by atoms with E-state index in [4.69, 9.17) is 0 Å². The maximum absolute atomic E-state index is 12.2. The number of nitrogens with one attached hydrogen (secondary N) is 1. The van der Waals surface area contributed by atoms with Gasteiger partial charge in [-0.3, -0.25) is 4.79 Å². The molecule has 2 aliphatic rings. The van der Waals surface area contributed by atoms with Crippen LogP contribution in [0, 0.1) is 0 Å². The zero-order chi connectivity index (χ0) is 18.9. The van der Waals surface area contributed by atoms with E-state index in [0.29, 0.717) is 23.6 Å². The fraction of sp³-hybridized carbons (Fsp3) is 0.316. The van der Waals surface area contributed by atoms with Crippen LogP contribution in [-0.2, 0) is 11.2 Å². The van der Waals surface area contributed by atoms with Gasteiger partial charge in [0.05, 0.1) is 18.5 Å². The minimum atomic E-state index is -0.0781. The second-order valence-electron chi connectivity index (χ2n) is 6.95. The molecule has 2 aliphatic heterocycles. The van der Waals surface area contributed by atoms with Crippen molar-refractivity contribution in [3.63, 3.8) is 0 Å². The average Bonchev–Trinajstić information content (AvgIpc) is 3.28. The fourth-order valence-electron chi connectivity index (χ4n) is 3.89. The summed E-state index contributed by atoms with van der Waals surface area (Å²) in [5, 5.41) is 20.9. The van der Waals surface area contributed by atoms with Crippen molar-refractivity contribution in [2.45, 2.75) is 24.9 Å². The molecule has 0 aliphatic carbocycles. The number of nitrogens with zero attached hydrogens (tertiary/aromatic N) is 6. The van der Waals surface area contributed by atoms with E-state index in [2.05, 4.69) is 35.5 Å². The Hall–Kier alpha value is -3.07. The van der Waals surface area contributed by atoms with E-state index in [1.807, 2.05) is 42.5 Å². The first-order valence-electron chi connectivity index (χ1n) is 9.26. The third-order valence-electron chi connectivity index (χ3n) is 5.26. The number of aromatic nitrogens is 4. The zero-order valence-corrected chi connectivity index (χ0v) is 15.9. The highest BCUT2D eigenvalue weighted by Crippen LogP contribution is 2.39. The van der Waals surface area contributed by atoms with Gasteiger partial charge >= 0.3 is 0 Å². The number of rotatable bonds is 5. The minimum absolute atomic E-state index is 0.0781. The van der Waals surface area contributed by atoms with Gasteiger partial charge in [-0.1, -0.05) is 41.7 Å². The Bertz CT molecular complexity index is 965. The third kappa shape index (κ3) is 3.18. The summed E-state index contributed by atoms with van der Waals surface area (Å²) in [7, 11) is 0. The molecule has 0 spiro atoms. The molecule has 2 fully saturated rings. The Labute approximate surface area is 166 Å². The van der Waals surface area contributed by atoms with E-state index in [9.17, 15) is 4.79 Å². The van der Waals surface area contributed by atoms with E-state index in [-0.39, 0.29) is 5.91 Å². The number of carbonyl (C=O) groups is 1. The number of amides is 1. The van der Waals surface area contributed by atoms with Gasteiger partial charge in [0.2, 0.25) is 16.2 Å². The number of carbonyl (C=O) groups excluding carboxylic acids is 1. The number of anilines is 3. The lowest BCUT2D eigenvalue weighted by Gasteiger charge is -2.47. The molecule has 2 atom stereocenters. The summed E-state index contributed by atoms with van der Waals surface area (Å²) in [4.78, 5) is 16.8. The molecule has 0 saturated carbocycles. The molecule has 142 valence electrons. The van der Waals surface area contributed by atoms with E-state index in [1.165, 1.54) is 11.3 Å². The van der Waals surface area contributed by atoms with Gasteiger partial charge in [-0.25, -0.2) is 0 Å². The van der Waals surface area contributed by atoms with Gasteiger partial charge in [-0.15, -0.1) is 15.3 Å². The molecule has 2 aromatic heterocycles. The minimum Gasteiger partial charge on any atom is -0.348 e. The van der Waals surface area contributed by atoms with Crippen LogP contribution >= 0.6 is 11.3 Å². The van der Waals surface area contributed by atoms with Crippen molar-refractivity contribution in [3.8, 4) is 0 Å². The molecule has 0 radical (unpaired) electrons. The number of fused-ring (bicyclic) bond motifs is 1. The van der Waals surface area contributed by atoms with Crippen LogP contribution in [0.25, 0.3) is 0 Å². The standard InChI is InChI=1S/C19H19N7OS/c27-17(11-13-5-2-1-3-6-13)21-18-23-24-19(28-18)25-10-8-14-15(25)12-26(14)16-7-4-9-20-22-16/h1-7,9,14-15H,8,10-12H2,(H,21,23,27). The number of hydrogen-bond acceptors (Lipinski definition) is 8. The maximum Gasteiger partial charge on any atom is 0.230 e. The Balaban J connectivity index is 1.21. The average molecular weight is 393 g/mol. The largest absolute Gasteiger partial charge is 0.348 e. The molecular weight excluding hydrogens is 374 g/mol. The van der Waals surface area contributed by atoms with Crippen molar-refractivity contribution in [3.05, 3.63) is 54.2 Å². The van der Waals surface area contributed by atoms with E-state index >= 15 is 0 Å². The highest BCUT2D eigenvalue weighted by Gasteiger charge is 2.48. The van der Waals surface area contributed by atoms with Gasteiger partial charge in [-0.05, 0) is 24.1 Å². The van der Waals surface area contributed by atoms with Crippen LogP contribution in [0.4, 0.5) is 16.1 Å².